The molecule has 0 fully saturated rings. The molecule has 3 rings (SSSR count). The van der Waals surface area contributed by atoms with Crippen molar-refractivity contribution in [3.05, 3.63) is 57.3 Å². The molecule has 0 spiro atoms. The summed E-state index contributed by atoms with van der Waals surface area (Å²) in [6.45, 7) is 1.50. The number of nitrogens with zero attached hydrogens (tertiary/aromatic N) is 1. The van der Waals surface area contributed by atoms with Gasteiger partial charge in [-0.3, -0.25) is 4.79 Å². The fraction of sp³-hybridized carbons (Fsp3) is 0.333. The van der Waals surface area contributed by atoms with Gasteiger partial charge in [-0.1, -0.05) is 18.2 Å². The number of methoxy groups -OCH3 is 1. The number of rotatable bonds is 3. The highest BCUT2D eigenvalue weighted by Crippen LogP contribution is 2.19. The molecule has 0 saturated carbocycles. The Hall–Kier alpha value is -2.14. The molecule has 20 heavy (non-hydrogen) atoms. The van der Waals surface area contributed by atoms with Gasteiger partial charge in [0.05, 0.1) is 12.8 Å². The Balaban J connectivity index is 1.95. The van der Waals surface area contributed by atoms with Crippen LogP contribution in [-0.4, -0.2) is 23.6 Å². The van der Waals surface area contributed by atoms with Crippen LogP contribution in [0.15, 0.2) is 29.1 Å². The van der Waals surface area contributed by atoms with Gasteiger partial charge < -0.3 is 15.0 Å². The van der Waals surface area contributed by atoms with Crippen LogP contribution >= 0.6 is 0 Å². The van der Waals surface area contributed by atoms with Crippen LogP contribution in [0.3, 0.4) is 0 Å². The van der Waals surface area contributed by atoms with Gasteiger partial charge in [0, 0.05) is 24.1 Å². The number of benzene rings is 1. The molecule has 1 aliphatic rings. The maximum atomic E-state index is 12.1. The zero-order valence-corrected chi connectivity index (χ0v) is 11.4. The van der Waals surface area contributed by atoms with E-state index in [4.69, 9.17) is 4.74 Å². The lowest BCUT2D eigenvalue weighted by atomic mass is 10.1. The first-order chi connectivity index (χ1) is 9.78. The smallest absolute Gasteiger partial charge is 0.254 e. The van der Waals surface area contributed by atoms with E-state index in [1.165, 1.54) is 0 Å². The Bertz CT molecular complexity index is 679. The number of aromatic nitrogens is 2. The van der Waals surface area contributed by atoms with Crippen LogP contribution in [0.2, 0.25) is 0 Å². The maximum Gasteiger partial charge on any atom is 0.254 e. The Labute approximate surface area is 117 Å². The standard InChI is InChI=1S/C15H17N3O2/c1-20-13-5-3-2-4-10(13)8-14-17-12-9-16-7-6-11(12)15(19)18-14/h2-5,16H,6-9H2,1H3,(H,17,18,19). The zero-order chi connectivity index (χ0) is 13.9. The summed E-state index contributed by atoms with van der Waals surface area (Å²) in [6, 6.07) is 7.77. The Kier molecular flexibility index (Phi) is 3.52. The van der Waals surface area contributed by atoms with Crippen LogP contribution in [0.4, 0.5) is 0 Å². The van der Waals surface area contributed by atoms with Crippen LogP contribution in [0, 0.1) is 0 Å². The van der Waals surface area contributed by atoms with Gasteiger partial charge in [0.2, 0.25) is 0 Å². The molecule has 2 heterocycles. The van der Waals surface area contributed by atoms with Crippen molar-refractivity contribution < 1.29 is 4.74 Å². The van der Waals surface area contributed by atoms with Crippen LogP contribution in [0.5, 0.6) is 5.75 Å². The molecule has 0 aliphatic carbocycles. The van der Waals surface area contributed by atoms with Gasteiger partial charge >= 0.3 is 0 Å². The average Bonchev–Trinajstić information content (AvgIpc) is 2.48. The highest BCUT2D eigenvalue weighted by atomic mass is 16.5. The van der Waals surface area contributed by atoms with E-state index in [9.17, 15) is 4.79 Å². The molecule has 104 valence electrons. The molecule has 1 aromatic carbocycles. The van der Waals surface area contributed by atoms with E-state index in [0.717, 1.165) is 35.5 Å². The summed E-state index contributed by atoms with van der Waals surface area (Å²) in [4.78, 5) is 19.5. The van der Waals surface area contributed by atoms with E-state index >= 15 is 0 Å². The third-order valence-corrected chi connectivity index (χ3v) is 3.54. The summed E-state index contributed by atoms with van der Waals surface area (Å²) in [6.07, 6.45) is 1.30. The van der Waals surface area contributed by atoms with Crippen molar-refractivity contribution in [1.29, 1.82) is 0 Å². The van der Waals surface area contributed by atoms with Gasteiger partial charge in [-0.2, -0.15) is 0 Å². The molecule has 0 atom stereocenters. The maximum absolute atomic E-state index is 12.1. The second kappa shape index (κ2) is 5.46. The largest absolute Gasteiger partial charge is 0.496 e. The normalized spacial score (nSPS) is 13.8. The van der Waals surface area contributed by atoms with Crippen molar-refractivity contribution in [3.8, 4) is 5.75 Å². The Morgan fingerprint density at radius 1 is 1.35 bits per heavy atom. The topological polar surface area (TPSA) is 67.0 Å². The lowest BCUT2D eigenvalue weighted by molar-refractivity contribution is 0.410. The van der Waals surface area contributed by atoms with E-state index < -0.39 is 0 Å². The quantitative estimate of drug-likeness (QED) is 0.874. The predicted molar refractivity (Wildman–Crippen MR) is 76.1 cm³/mol. The van der Waals surface area contributed by atoms with E-state index in [0.29, 0.717) is 18.8 Å². The Morgan fingerprint density at radius 2 is 2.20 bits per heavy atom. The number of aromatic amines is 1. The molecular formula is C15H17N3O2. The molecule has 1 aliphatic heterocycles. The highest BCUT2D eigenvalue weighted by molar-refractivity contribution is 5.35. The van der Waals surface area contributed by atoms with Crippen molar-refractivity contribution in [2.75, 3.05) is 13.7 Å². The van der Waals surface area contributed by atoms with E-state index in [1.54, 1.807) is 7.11 Å². The van der Waals surface area contributed by atoms with Gasteiger partial charge in [-0.25, -0.2) is 4.98 Å². The molecule has 0 bridgehead atoms. The number of nitrogens with one attached hydrogen (secondary N) is 2. The van der Waals surface area contributed by atoms with Crippen molar-refractivity contribution in [2.24, 2.45) is 0 Å². The molecule has 0 radical (unpaired) electrons. The minimum absolute atomic E-state index is 0.0126. The third-order valence-electron chi connectivity index (χ3n) is 3.54. The lowest BCUT2D eigenvalue weighted by Gasteiger charge is -2.16. The van der Waals surface area contributed by atoms with Crippen molar-refractivity contribution in [1.82, 2.24) is 15.3 Å². The molecule has 2 N–H and O–H groups in total. The number of para-hydroxylation sites is 1. The van der Waals surface area contributed by atoms with Gasteiger partial charge in [0.25, 0.3) is 5.56 Å². The number of hydrogen-bond donors (Lipinski definition) is 2. The van der Waals surface area contributed by atoms with Crippen molar-refractivity contribution in [3.63, 3.8) is 0 Å². The monoisotopic (exact) mass is 271 g/mol. The number of hydrogen-bond acceptors (Lipinski definition) is 4. The van der Waals surface area contributed by atoms with Crippen LogP contribution in [0.1, 0.15) is 22.6 Å². The van der Waals surface area contributed by atoms with E-state index in [-0.39, 0.29) is 5.56 Å². The fourth-order valence-electron chi connectivity index (χ4n) is 2.53. The number of ether oxygens (including phenoxy) is 1. The first-order valence-electron chi connectivity index (χ1n) is 6.71. The summed E-state index contributed by atoms with van der Waals surface area (Å²) in [5, 5.41) is 3.24. The minimum atomic E-state index is -0.0126. The summed E-state index contributed by atoms with van der Waals surface area (Å²) in [7, 11) is 1.64. The van der Waals surface area contributed by atoms with E-state index in [1.807, 2.05) is 24.3 Å². The molecule has 0 amide bonds. The third kappa shape index (κ3) is 2.44. The van der Waals surface area contributed by atoms with Crippen molar-refractivity contribution >= 4 is 0 Å². The molecule has 1 aromatic heterocycles. The van der Waals surface area contributed by atoms with Crippen LogP contribution < -0.4 is 15.6 Å². The molecule has 0 saturated heterocycles. The minimum Gasteiger partial charge on any atom is -0.496 e. The van der Waals surface area contributed by atoms with Gasteiger partial charge in [-0.05, 0) is 19.0 Å². The second-order valence-electron chi connectivity index (χ2n) is 4.85. The average molecular weight is 271 g/mol. The Morgan fingerprint density at radius 3 is 3.05 bits per heavy atom. The van der Waals surface area contributed by atoms with E-state index in [2.05, 4.69) is 15.3 Å². The molecule has 0 unspecified atom stereocenters. The molecule has 2 aromatic rings. The SMILES string of the molecule is COc1ccccc1Cc1nc2c(c(=O)[nH]1)CCNC2. The summed E-state index contributed by atoms with van der Waals surface area (Å²) in [5.74, 6) is 1.49. The second-order valence-corrected chi connectivity index (χ2v) is 4.85. The van der Waals surface area contributed by atoms with Gasteiger partial charge in [0.1, 0.15) is 11.6 Å². The summed E-state index contributed by atoms with van der Waals surface area (Å²) < 4.78 is 5.33. The van der Waals surface area contributed by atoms with Crippen LogP contribution in [-0.2, 0) is 19.4 Å². The fourth-order valence-corrected chi connectivity index (χ4v) is 2.53. The van der Waals surface area contributed by atoms with Gasteiger partial charge in [0.15, 0.2) is 0 Å². The molecule has 5 nitrogen and oxygen atoms in total. The number of fused-ring (bicyclic) bond motifs is 1. The van der Waals surface area contributed by atoms with Crippen molar-refractivity contribution in [2.45, 2.75) is 19.4 Å². The van der Waals surface area contributed by atoms with Crippen LogP contribution in [0.25, 0.3) is 0 Å². The number of H-pyrrole nitrogens is 1. The molecule has 5 heteroatoms. The molecular weight excluding hydrogens is 254 g/mol. The lowest BCUT2D eigenvalue weighted by Crippen LogP contribution is -2.32. The summed E-state index contributed by atoms with van der Waals surface area (Å²) in [5.41, 5.74) is 2.68. The predicted octanol–water partition coefficient (Wildman–Crippen LogP) is 1.01. The highest BCUT2D eigenvalue weighted by Gasteiger charge is 2.15. The first kappa shape index (κ1) is 12.9. The van der Waals surface area contributed by atoms with Gasteiger partial charge in [-0.15, -0.1) is 0 Å². The summed E-state index contributed by atoms with van der Waals surface area (Å²) >= 11 is 0. The zero-order valence-electron chi connectivity index (χ0n) is 11.4. The first-order valence-corrected chi connectivity index (χ1v) is 6.71.